The van der Waals surface area contributed by atoms with Crippen molar-refractivity contribution in [1.29, 1.82) is 0 Å². The van der Waals surface area contributed by atoms with E-state index >= 15 is 0 Å². The van der Waals surface area contributed by atoms with Crippen molar-refractivity contribution in [2.75, 3.05) is 33.4 Å². The summed E-state index contributed by atoms with van der Waals surface area (Å²) >= 11 is 0. The minimum absolute atomic E-state index is 0.783. The Morgan fingerprint density at radius 1 is 1.38 bits per heavy atom. The van der Waals surface area contributed by atoms with E-state index in [4.69, 9.17) is 4.74 Å². The lowest BCUT2D eigenvalue weighted by atomic mass is 9.93. The van der Waals surface area contributed by atoms with Gasteiger partial charge in [-0.25, -0.2) is 0 Å². The van der Waals surface area contributed by atoms with Crippen LogP contribution in [0.4, 0.5) is 0 Å². The molecule has 16 heavy (non-hydrogen) atoms. The Morgan fingerprint density at radius 3 is 3.00 bits per heavy atom. The van der Waals surface area contributed by atoms with Gasteiger partial charge in [0.15, 0.2) is 0 Å². The van der Waals surface area contributed by atoms with Crippen LogP contribution in [0.3, 0.4) is 0 Å². The summed E-state index contributed by atoms with van der Waals surface area (Å²) < 4.78 is 5.23. The molecule has 2 rings (SSSR count). The number of piperidine rings is 1. The molecule has 0 aliphatic carbocycles. The van der Waals surface area contributed by atoms with E-state index in [0.29, 0.717) is 0 Å². The van der Waals surface area contributed by atoms with Gasteiger partial charge in [0.05, 0.1) is 0 Å². The topological polar surface area (TPSA) is 24.5 Å². The third-order valence-electron chi connectivity index (χ3n) is 4.24. The number of rotatable bonds is 4. The van der Waals surface area contributed by atoms with E-state index in [1.165, 1.54) is 45.3 Å². The largest absolute Gasteiger partial charge is 0.385 e. The molecule has 94 valence electrons. The van der Waals surface area contributed by atoms with Gasteiger partial charge in [0, 0.05) is 25.8 Å². The maximum absolute atomic E-state index is 5.23. The first-order valence-electron chi connectivity index (χ1n) is 6.78. The van der Waals surface area contributed by atoms with Crippen molar-refractivity contribution >= 4 is 0 Å². The first-order chi connectivity index (χ1) is 7.83. The van der Waals surface area contributed by atoms with E-state index in [1.54, 1.807) is 0 Å². The van der Waals surface area contributed by atoms with Gasteiger partial charge < -0.3 is 10.1 Å². The number of nitrogens with zero attached hydrogens (tertiary/aromatic N) is 1. The molecule has 0 bridgehead atoms. The van der Waals surface area contributed by atoms with Crippen molar-refractivity contribution in [3.05, 3.63) is 0 Å². The van der Waals surface area contributed by atoms with Crippen molar-refractivity contribution in [1.82, 2.24) is 10.2 Å². The molecule has 0 aromatic rings. The van der Waals surface area contributed by atoms with Crippen molar-refractivity contribution in [3.8, 4) is 0 Å². The average molecular weight is 226 g/mol. The molecule has 2 fully saturated rings. The summed E-state index contributed by atoms with van der Waals surface area (Å²) in [5, 5.41) is 3.49. The molecule has 0 spiro atoms. The first kappa shape index (κ1) is 12.3. The monoisotopic (exact) mass is 226 g/mol. The number of likely N-dealkylation sites (tertiary alicyclic amines) is 1. The lowest BCUT2D eigenvalue weighted by molar-refractivity contribution is 0.0850. The van der Waals surface area contributed by atoms with E-state index in [9.17, 15) is 0 Å². The zero-order valence-electron chi connectivity index (χ0n) is 10.7. The zero-order chi connectivity index (χ0) is 11.4. The van der Waals surface area contributed by atoms with Crippen LogP contribution in [0.2, 0.25) is 0 Å². The number of hydrogen-bond donors (Lipinski definition) is 1. The van der Waals surface area contributed by atoms with E-state index in [1.807, 2.05) is 7.11 Å². The fourth-order valence-corrected chi connectivity index (χ4v) is 3.35. The molecule has 0 aromatic carbocycles. The molecule has 0 radical (unpaired) electrons. The van der Waals surface area contributed by atoms with Gasteiger partial charge in [0.1, 0.15) is 0 Å². The molecule has 1 N–H and O–H groups in total. The molecule has 0 aromatic heterocycles. The van der Waals surface area contributed by atoms with Crippen LogP contribution in [0, 0.1) is 5.92 Å². The normalized spacial score (nSPS) is 36.8. The fraction of sp³-hybridized carbons (Fsp3) is 1.00. The summed E-state index contributed by atoms with van der Waals surface area (Å²) in [6.45, 7) is 7.01. The van der Waals surface area contributed by atoms with Crippen LogP contribution in [0.15, 0.2) is 0 Å². The average Bonchev–Trinajstić information content (AvgIpc) is 2.75. The highest BCUT2D eigenvalue weighted by Gasteiger charge is 2.34. The van der Waals surface area contributed by atoms with Crippen LogP contribution >= 0.6 is 0 Å². The Kier molecular flexibility index (Phi) is 4.62. The van der Waals surface area contributed by atoms with Gasteiger partial charge >= 0.3 is 0 Å². The van der Waals surface area contributed by atoms with E-state index in [2.05, 4.69) is 17.1 Å². The van der Waals surface area contributed by atoms with Crippen LogP contribution in [0.1, 0.15) is 32.6 Å². The van der Waals surface area contributed by atoms with Gasteiger partial charge in [-0.15, -0.1) is 0 Å². The first-order valence-corrected chi connectivity index (χ1v) is 6.78. The Balaban J connectivity index is 1.90. The van der Waals surface area contributed by atoms with Gasteiger partial charge in [0.2, 0.25) is 0 Å². The van der Waals surface area contributed by atoms with Crippen molar-refractivity contribution in [2.24, 2.45) is 5.92 Å². The highest BCUT2D eigenvalue weighted by Crippen LogP contribution is 2.28. The van der Waals surface area contributed by atoms with Crippen LogP contribution < -0.4 is 5.32 Å². The molecule has 2 aliphatic heterocycles. The maximum atomic E-state index is 5.23. The molecule has 2 aliphatic rings. The molecule has 2 heterocycles. The Morgan fingerprint density at radius 2 is 2.25 bits per heavy atom. The van der Waals surface area contributed by atoms with Crippen molar-refractivity contribution in [2.45, 2.75) is 44.7 Å². The highest BCUT2D eigenvalue weighted by atomic mass is 16.5. The second-order valence-electron chi connectivity index (χ2n) is 5.35. The number of methoxy groups -OCH3 is 1. The summed E-state index contributed by atoms with van der Waals surface area (Å²) in [7, 11) is 1.81. The maximum Gasteiger partial charge on any atom is 0.0477 e. The van der Waals surface area contributed by atoms with Crippen molar-refractivity contribution in [3.63, 3.8) is 0 Å². The van der Waals surface area contributed by atoms with Crippen LogP contribution in [-0.2, 0) is 4.74 Å². The lowest BCUT2D eigenvalue weighted by Gasteiger charge is -2.40. The summed E-state index contributed by atoms with van der Waals surface area (Å²) in [6.07, 6.45) is 5.29. The molecular formula is C13H26N2O. The Labute approximate surface area is 99.5 Å². The molecular weight excluding hydrogens is 200 g/mol. The number of ether oxygens (including phenoxy) is 1. The summed E-state index contributed by atoms with van der Waals surface area (Å²) in [5.41, 5.74) is 0. The third-order valence-corrected chi connectivity index (χ3v) is 4.24. The Bertz CT molecular complexity index is 210. The highest BCUT2D eigenvalue weighted by molar-refractivity contribution is 4.90. The van der Waals surface area contributed by atoms with Gasteiger partial charge in [0.25, 0.3) is 0 Å². The standard InChI is InChI=1S/C13H26N2O/c1-11-10-14-7-5-13(11)15-8-3-4-12(15)6-9-16-2/h11-14H,3-10H2,1-2H3/t11?,12-,13?/m0/s1. The van der Waals surface area contributed by atoms with E-state index in [0.717, 1.165) is 24.6 Å². The zero-order valence-corrected chi connectivity index (χ0v) is 10.7. The van der Waals surface area contributed by atoms with E-state index in [-0.39, 0.29) is 0 Å². The van der Waals surface area contributed by atoms with Crippen molar-refractivity contribution < 1.29 is 4.74 Å². The second-order valence-corrected chi connectivity index (χ2v) is 5.35. The fourth-order valence-electron chi connectivity index (χ4n) is 3.35. The van der Waals surface area contributed by atoms with Crippen LogP contribution in [0.25, 0.3) is 0 Å². The smallest absolute Gasteiger partial charge is 0.0477 e. The molecule has 3 atom stereocenters. The number of nitrogens with one attached hydrogen (secondary N) is 1. The predicted octanol–water partition coefficient (Wildman–Crippen LogP) is 1.49. The molecule has 0 amide bonds. The minimum atomic E-state index is 0.783. The van der Waals surface area contributed by atoms with Gasteiger partial charge in [-0.1, -0.05) is 6.92 Å². The second kappa shape index (κ2) is 5.99. The lowest BCUT2D eigenvalue weighted by Crippen LogP contribution is -2.50. The van der Waals surface area contributed by atoms with Crippen LogP contribution in [-0.4, -0.2) is 50.3 Å². The van der Waals surface area contributed by atoms with Gasteiger partial charge in [-0.05, 0) is 51.2 Å². The predicted molar refractivity (Wildman–Crippen MR) is 66.7 cm³/mol. The molecule has 3 heteroatoms. The summed E-state index contributed by atoms with van der Waals surface area (Å²) in [4.78, 5) is 2.77. The molecule has 0 saturated carbocycles. The molecule has 3 nitrogen and oxygen atoms in total. The summed E-state index contributed by atoms with van der Waals surface area (Å²) in [5.74, 6) is 0.803. The number of hydrogen-bond acceptors (Lipinski definition) is 3. The van der Waals surface area contributed by atoms with Gasteiger partial charge in [-0.2, -0.15) is 0 Å². The summed E-state index contributed by atoms with van der Waals surface area (Å²) in [6, 6.07) is 1.59. The Hall–Kier alpha value is -0.120. The minimum Gasteiger partial charge on any atom is -0.385 e. The SMILES string of the molecule is COCC[C@@H]1CCCN1C1CCNCC1C. The molecule has 2 saturated heterocycles. The quantitative estimate of drug-likeness (QED) is 0.786. The van der Waals surface area contributed by atoms with E-state index < -0.39 is 0 Å². The molecule has 2 unspecified atom stereocenters. The van der Waals surface area contributed by atoms with Crippen LogP contribution in [0.5, 0.6) is 0 Å². The third kappa shape index (κ3) is 2.76. The van der Waals surface area contributed by atoms with Gasteiger partial charge in [-0.3, -0.25) is 4.90 Å².